The van der Waals surface area contributed by atoms with Crippen LogP contribution in [0.4, 0.5) is 5.69 Å². The Kier molecular flexibility index (Phi) is 3.52. The van der Waals surface area contributed by atoms with Crippen molar-refractivity contribution in [3.63, 3.8) is 0 Å². The summed E-state index contributed by atoms with van der Waals surface area (Å²) in [6, 6.07) is 8.20. The maximum atomic E-state index is 13.0. The third-order valence-electron chi connectivity index (χ3n) is 4.65. The number of benzene rings is 1. The van der Waals surface area contributed by atoms with Gasteiger partial charge in [-0.25, -0.2) is 0 Å². The molecule has 2 aliphatic heterocycles. The van der Waals surface area contributed by atoms with Crippen molar-refractivity contribution in [3.8, 4) is 0 Å². The Bertz CT molecular complexity index is 509. The van der Waals surface area contributed by atoms with E-state index in [4.69, 9.17) is 4.74 Å². The summed E-state index contributed by atoms with van der Waals surface area (Å²) in [5.41, 5.74) is 1.67. The lowest BCUT2D eigenvalue weighted by Crippen LogP contribution is -2.55. The molecule has 1 aromatic rings. The van der Waals surface area contributed by atoms with E-state index < -0.39 is 5.60 Å². The zero-order valence-electron chi connectivity index (χ0n) is 12.2. The number of methoxy groups -OCH3 is 1. The third-order valence-corrected chi connectivity index (χ3v) is 4.65. The molecule has 0 saturated carbocycles. The lowest BCUT2D eigenvalue weighted by molar-refractivity contribution is -0.143. The molecule has 4 nitrogen and oxygen atoms in total. The number of rotatable bonds is 2. The first-order chi connectivity index (χ1) is 9.68. The van der Waals surface area contributed by atoms with Gasteiger partial charge in [0.1, 0.15) is 5.60 Å². The molecule has 0 aliphatic carbocycles. The van der Waals surface area contributed by atoms with Gasteiger partial charge >= 0.3 is 0 Å². The van der Waals surface area contributed by atoms with Crippen molar-refractivity contribution in [3.05, 3.63) is 29.8 Å². The number of anilines is 1. The Labute approximate surface area is 120 Å². The fraction of sp³-hybridized carbons (Fsp3) is 0.562. The van der Waals surface area contributed by atoms with Gasteiger partial charge in [-0.05, 0) is 37.6 Å². The number of hydrogen-bond donors (Lipinski definition) is 1. The van der Waals surface area contributed by atoms with Gasteiger partial charge < -0.3 is 15.0 Å². The number of hydrogen-bond acceptors (Lipinski definition) is 3. The van der Waals surface area contributed by atoms with Gasteiger partial charge in [-0.2, -0.15) is 0 Å². The van der Waals surface area contributed by atoms with E-state index in [-0.39, 0.29) is 5.91 Å². The number of para-hydroxylation sites is 1. The van der Waals surface area contributed by atoms with Gasteiger partial charge in [0.2, 0.25) is 0 Å². The molecule has 1 aromatic carbocycles. The second-order valence-electron chi connectivity index (χ2n) is 5.82. The van der Waals surface area contributed by atoms with Crippen LogP contribution in [-0.2, 0) is 9.53 Å². The van der Waals surface area contributed by atoms with Crippen LogP contribution >= 0.6 is 0 Å². The number of fused-ring (bicyclic) bond motifs is 1. The summed E-state index contributed by atoms with van der Waals surface area (Å²) < 4.78 is 5.67. The highest BCUT2D eigenvalue weighted by molar-refractivity contribution is 6.01. The van der Waals surface area contributed by atoms with Crippen molar-refractivity contribution in [2.75, 3.05) is 31.6 Å². The van der Waals surface area contributed by atoms with Crippen molar-refractivity contribution >= 4 is 11.6 Å². The fourth-order valence-electron chi connectivity index (χ4n) is 3.39. The maximum absolute atomic E-state index is 13.0. The Morgan fingerprint density at radius 2 is 2.05 bits per heavy atom. The smallest absolute Gasteiger partial charge is 0.259 e. The first-order valence-electron chi connectivity index (χ1n) is 7.35. The van der Waals surface area contributed by atoms with Gasteiger partial charge in [-0.1, -0.05) is 25.1 Å². The van der Waals surface area contributed by atoms with Crippen LogP contribution in [0.15, 0.2) is 24.3 Å². The monoisotopic (exact) mass is 274 g/mol. The van der Waals surface area contributed by atoms with E-state index in [2.05, 4.69) is 18.3 Å². The second kappa shape index (κ2) is 5.19. The van der Waals surface area contributed by atoms with Gasteiger partial charge in [0.25, 0.3) is 5.91 Å². The largest absolute Gasteiger partial charge is 0.368 e. The molecule has 1 atom stereocenters. The van der Waals surface area contributed by atoms with E-state index in [1.54, 1.807) is 7.11 Å². The molecule has 4 heteroatoms. The second-order valence-corrected chi connectivity index (χ2v) is 5.82. The number of carbonyl (C=O) groups excluding carboxylic acids is 1. The minimum Gasteiger partial charge on any atom is -0.368 e. The molecule has 108 valence electrons. The SMILES string of the molecule is COC1(C(=O)N2C[C@H](C)c3ccccc32)CCNCC1. The minimum absolute atomic E-state index is 0.123. The van der Waals surface area contributed by atoms with Crippen LogP contribution in [0.1, 0.15) is 31.2 Å². The van der Waals surface area contributed by atoms with Gasteiger partial charge in [0, 0.05) is 25.3 Å². The van der Waals surface area contributed by atoms with Crippen molar-refractivity contribution in [2.24, 2.45) is 0 Å². The molecule has 0 spiro atoms. The Balaban J connectivity index is 1.91. The van der Waals surface area contributed by atoms with E-state index in [9.17, 15) is 4.79 Å². The van der Waals surface area contributed by atoms with E-state index in [1.165, 1.54) is 5.56 Å². The number of carbonyl (C=O) groups is 1. The maximum Gasteiger partial charge on any atom is 0.259 e. The van der Waals surface area contributed by atoms with Crippen LogP contribution in [0.2, 0.25) is 0 Å². The third kappa shape index (κ3) is 2.03. The molecule has 1 N–H and O–H groups in total. The average Bonchev–Trinajstić information content (AvgIpc) is 2.85. The molecule has 3 rings (SSSR count). The number of nitrogens with zero attached hydrogens (tertiary/aromatic N) is 1. The Hall–Kier alpha value is -1.39. The van der Waals surface area contributed by atoms with Crippen LogP contribution in [0.25, 0.3) is 0 Å². The van der Waals surface area contributed by atoms with Gasteiger partial charge in [0.15, 0.2) is 0 Å². The highest BCUT2D eigenvalue weighted by atomic mass is 16.5. The Morgan fingerprint density at radius 1 is 1.35 bits per heavy atom. The van der Waals surface area contributed by atoms with Crippen molar-refractivity contribution in [1.29, 1.82) is 0 Å². The summed E-state index contributed by atoms with van der Waals surface area (Å²) in [4.78, 5) is 15.0. The first kappa shape index (κ1) is 13.6. The zero-order valence-corrected chi connectivity index (χ0v) is 12.2. The number of piperidine rings is 1. The Morgan fingerprint density at radius 3 is 2.75 bits per heavy atom. The standard InChI is InChI=1S/C16H22N2O2/c1-12-11-18(14-6-4-3-5-13(12)14)15(19)16(20-2)7-9-17-10-8-16/h3-6,12,17H,7-11H2,1-2H3/t12-/m0/s1. The van der Waals surface area contributed by atoms with Crippen LogP contribution < -0.4 is 10.2 Å². The number of amides is 1. The van der Waals surface area contributed by atoms with Crippen molar-refractivity contribution in [2.45, 2.75) is 31.3 Å². The topological polar surface area (TPSA) is 41.6 Å². The molecule has 20 heavy (non-hydrogen) atoms. The molecule has 1 saturated heterocycles. The van der Waals surface area contributed by atoms with Crippen LogP contribution in [0.3, 0.4) is 0 Å². The van der Waals surface area contributed by atoms with Gasteiger partial charge in [0.05, 0.1) is 0 Å². The van der Waals surface area contributed by atoms with Crippen LogP contribution in [-0.4, -0.2) is 38.3 Å². The molecule has 2 aliphatic rings. The summed E-state index contributed by atoms with van der Waals surface area (Å²) in [7, 11) is 1.66. The lowest BCUT2D eigenvalue weighted by atomic mass is 9.90. The summed E-state index contributed by atoms with van der Waals surface area (Å²) in [6.45, 7) is 4.61. The quantitative estimate of drug-likeness (QED) is 0.895. The van der Waals surface area contributed by atoms with Crippen molar-refractivity contribution in [1.82, 2.24) is 5.32 Å². The van der Waals surface area contributed by atoms with Crippen LogP contribution in [0.5, 0.6) is 0 Å². The summed E-state index contributed by atoms with van der Waals surface area (Å²) >= 11 is 0. The van der Waals surface area contributed by atoms with Gasteiger partial charge in [-0.15, -0.1) is 0 Å². The predicted molar refractivity (Wildman–Crippen MR) is 79.1 cm³/mol. The fourth-order valence-corrected chi connectivity index (χ4v) is 3.39. The normalized spacial score (nSPS) is 24.5. The van der Waals surface area contributed by atoms with Gasteiger partial charge in [-0.3, -0.25) is 4.79 Å². The minimum atomic E-state index is -0.650. The highest BCUT2D eigenvalue weighted by Gasteiger charge is 2.45. The molecular weight excluding hydrogens is 252 g/mol. The molecule has 1 amide bonds. The summed E-state index contributed by atoms with van der Waals surface area (Å²) in [5, 5.41) is 3.30. The molecule has 0 unspecified atom stereocenters. The number of nitrogens with one attached hydrogen (secondary N) is 1. The van der Waals surface area contributed by atoms with Crippen molar-refractivity contribution < 1.29 is 9.53 Å². The van der Waals surface area contributed by atoms with E-state index in [1.807, 2.05) is 23.1 Å². The average molecular weight is 274 g/mol. The molecule has 0 aromatic heterocycles. The molecule has 0 bridgehead atoms. The summed E-state index contributed by atoms with van der Waals surface area (Å²) in [5.74, 6) is 0.518. The lowest BCUT2D eigenvalue weighted by Gasteiger charge is -2.37. The molecule has 1 fully saturated rings. The van der Waals surface area contributed by atoms with Crippen LogP contribution in [0, 0.1) is 0 Å². The first-order valence-corrected chi connectivity index (χ1v) is 7.35. The number of ether oxygens (including phenoxy) is 1. The predicted octanol–water partition coefficient (Wildman–Crippen LogP) is 1.91. The summed E-state index contributed by atoms with van der Waals surface area (Å²) in [6.07, 6.45) is 1.49. The van der Waals surface area contributed by atoms with E-state index in [0.717, 1.165) is 38.2 Å². The zero-order chi connectivity index (χ0) is 14.2. The highest BCUT2D eigenvalue weighted by Crippen LogP contribution is 2.38. The molecule has 2 heterocycles. The van der Waals surface area contributed by atoms with E-state index in [0.29, 0.717) is 5.92 Å². The molecule has 0 radical (unpaired) electrons. The van der Waals surface area contributed by atoms with E-state index >= 15 is 0 Å². The molecular formula is C16H22N2O2.